The summed E-state index contributed by atoms with van der Waals surface area (Å²) >= 11 is 0. The molecule has 1 aliphatic heterocycles. The highest BCUT2D eigenvalue weighted by atomic mass is 32.2. The third-order valence-electron chi connectivity index (χ3n) is 4.49. The van der Waals surface area contributed by atoms with Crippen molar-refractivity contribution in [3.63, 3.8) is 0 Å². The number of carbonyl (C=O) groups excluding carboxylic acids is 1. The average Bonchev–Trinajstić information content (AvgIpc) is 3.08. The molecule has 0 saturated carbocycles. The molecule has 0 aliphatic carbocycles. The molecule has 2 aromatic rings. The first-order chi connectivity index (χ1) is 12.9. The lowest BCUT2D eigenvalue weighted by Crippen LogP contribution is -2.47. The van der Waals surface area contributed by atoms with Gasteiger partial charge in [-0.1, -0.05) is 18.2 Å². The van der Waals surface area contributed by atoms with Gasteiger partial charge in [0.1, 0.15) is 6.04 Å². The Labute approximate surface area is 158 Å². The van der Waals surface area contributed by atoms with Crippen LogP contribution in [0.15, 0.2) is 47.4 Å². The number of methoxy groups -OCH3 is 2. The first-order valence-corrected chi connectivity index (χ1v) is 10.00. The number of amides is 1. The molecule has 1 atom stereocenters. The van der Waals surface area contributed by atoms with Crippen LogP contribution < -0.4 is 19.1 Å². The number of hydrogen-bond donors (Lipinski definition) is 1. The summed E-state index contributed by atoms with van der Waals surface area (Å²) in [7, 11) is -1.06. The smallest absolute Gasteiger partial charge is 0.265 e. The van der Waals surface area contributed by atoms with Crippen molar-refractivity contribution in [2.24, 2.45) is 0 Å². The molecule has 0 aromatic heterocycles. The van der Waals surface area contributed by atoms with Crippen LogP contribution in [0.3, 0.4) is 0 Å². The van der Waals surface area contributed by atoms with E-state index in [2.05, 4.69) is 5.32 Å². The fraction of sp³-hybridized carbons (Fsp3) is 0.316. The van der Waals surface area contributed by atoms with Crippen molar-refractivity contribution in [3.05, 3.63) is 48.0 Å². The molecule has 0 fully saturated rings. The SMILES string of the molecule is CCNC(=O)C1Cc2ccccc2N1S(=O)(=O)c1ccc(OC)c(OC)c1. The summed E-state index contributed by atoms with van der Waals surface area (Å²) in [6, 6.07) is 10.7. The Bertz CT molecular complexity index is 958. The lowest BCUT2D eigenvalue weighted by molar-refractivity contribution is -0.121. The summed E-state index contributed by atoms with van der Waals surface area (Å²) in [5.41, 5.74) is 1.33. The number of nitrogens with one attached hydrogen (secondary N) is 1. The summed E-state index contributed by atoms with van der Waals surface area (Å²) in [5, 5.41) is 2.73. The molecule has 0 bridgehead atoms. The van der Waals surface area contributed by atoms with E-state index in [-0.39, 0.29) is 10.8 Å². The van der Waals surface area contributed by atoms with Crippen LogP contribution in [0, 0.1) is 0 Å². The second-order valence-corrected chi connectivity index (χ2v) is 7.88. The number of anilines is 1. The molecule has 0 saturated heterocycles. The quantitative estimate of drug-likeness (QED) is 0.815. The Morgan fingerprint density at radius 1 is 1.15 bits per heavy atom. The molecule has 7 nitrogen and oxygen atoms in total. The summed E-state index contributed by atoms with van der Waals surface area (Å²) in [6.45, 7) is 2.23. The Kier molecular flexibility index (Phi) is 5.27. The number of rotatable bonds is 6. The Morgan fingerprint density at radius 2 is 1.85 bits per heavy atom. The van der Waals surface area contributed by atoms with Crippen LogP contribution in [0.5, 0.6) is 11.5 Å². The van der Waals surface area contributed by atoms with Crippen molar-refractivity contribution in [1.29, 1.82) is 0 Å². The van der Waals surface area contributed by atoms with Crippen LogP contribution >= 0.6 is 0 Å². The zero-order valence-corrected chi connectivity index (χ0v) is 16.2. The van der Waals surface area contributed by atoms with E-state index in [1.165, 1.54) is 36.7 Å². The average molecular weight is 390 g/mol. The van der Waals surface area contributed by atoms with Crippen LogP contribution in [0.25, 0.3) is 0 Å². The Morgan fingerprint density at radius 3 is 2.52 bits per heavy atom. The fourth-order valence-corrected chi connectivity index (χ4v) is 4.90. The van der Waals surface area contributed by atoms with Gasteiger partial charge < -0.3 is 14.8 Å². The van der Waals surface area contributed by atoms with Gasteiger partial charge in [0.25, 0.3) is 10.0 Å². The van der Waals surface area contributed by atoms with E-state index in [0.29, 0.717) is 30.2 Å². The molecule has 1 heterocycles. The maximum absolute atomic E-state index is 13.4. The van der Waals surface area contributed by atoms with Gasteiger partial charge in [0, 0.05) is 19.0 Å². The summed E-state index contributed by atoms with van der Waals surface area (Å²) in [4.78, 5) is 12.6. The monoisotopic (exact) mass is 390 g/mol. The van der Waals surface area contributed by atoms with Gasteiger partial charge in [-0.05, 0) is 30.7 Å². The molecule has 1 N–H and O–H groups in total. The Balaban J connectivity index is 2.11. The minimum absolute atomic E-state index is 0.0335. The highest BCUT2D eigenvalue weighted by molar-refractivity contribution is 7.93. The van der Waals surface area contributed by atoms with Crippen LogP contribution in [0.1, 0.15) is 12.5 Å². The molecule has 2 aromatic carbocycles. The molecule has 1 amide bonds. The second-order valence-electron chi connectivity index (χ2n) is 6.06. The van der Waals surface area contributed by atoms with Gasteiger partial charge in [0.2, 0.25) is 5.91 Å². The Hall–Kier alpha value is -2.74. The van der Waals surface area contributed by atoms with Crippen LogP contribution in [-0.2, 0) is 21.2 Å². The first kappa shape index (κ1) is 19.0. The van der Waals surface area contributed by atoms with Crippen LogP contribution in [0.2, 0.25) is 0 Å². The molecule has 27 heavy (non-hydrogen) atoms. The van der Waals surface area contributed by atoms with E-state index >= 15 is 0 Å². The molecule has 1 unspecified atom stereocenters. The molecule has 0 spiro atoms. The minimum Gasteiger partial charge on any atom is -0.493 e. The van der Waals surface area contributed by atoms with Crippen molar-refractivity contribution in [1.82, 2.24) is 5.32 Å². The van der Waals surface area contributed by atoms with Gasteiger partial charge in [-0.2, -0.15) is 0 Å². The molecule has 0 radical (unpaired) electrons. The minimum atomic E-state index is -3.99. The predicted molar refractivity (Wildman–Crippen MR) is 102 cm³/mol. The van der Waals surface area contributed by atoms with Gasteiger partial charge in [-0.3, -0.25) is 9.10 Å². The number of benzene rings is 2. The highest BCUT2D eigenvalue weighted by Gasteiger charge is 2.42. The second kappa shape index (κ2) is 7.48. The van der Waals surface area contributed by atoms with E-state index < -0.39 is 16.1 Å². The number of likely N-dealkylation sites (N-methyl/N-ethyl adjacent to an activating group) is 1. The molecule has 1 aliphatic rings. The largest absolute Gasteiger partial charge is 0.493 e. The van der Waals surface area contributed by atoms with Gasteiger partial charge in [0.05, 0.1) is 24.8 Å². The topological polar surface area (TPSA) is 84.9 Å². The molecule has 144 valence electrons. The summed E-state index contributed by atoms with van der Waals surface area (Å²) in [6.07, 6.45) is 0.328. The van der Waals surface area contributed by atoms with Gasteiger partial charge in [-0.25, -0.2) is 8.42 Å². The fourth-order valence-electron chi connectivity index (χ4n) is 3.24. The van der Waals surface area contributed by atoms with Crippen molar-refractivity contribution in [2.75, 3.05) is 25.1 Å². The maximum atomic E-state index is 13.4. The first-order valence-electron chi connectivity index (χ1n) is 8.56. The van der Waals surface area contributed by atoms with E-state index in [1.54, 1.807) is 19.1 Å². The van der Waals surface area contributed by atoms with E-state index in [1.807, 2.05) is 12.1 Å². The van der Waals surface area contributed by atoms with Gasteiger partial charge in [0.15, 0.2) is 11.5 Å². The van der Waals surface area contributed by atoms with Crippen molar-refractivity contribution < 1.29 is 22.7 Å². The molecule has 8 heteroatoms. The highest BCUT2D eigenvalue weighted by Crippen LogP contribution is 2.38. The maximum Gasteiger partial charge on any atom is 0.265 e. The number of para-hydroxylation sites is 1. The number of fused-ring (bicyclic) bond motifs is 1. The lowest BCUT2D eigenvalue weighted by atomic mass is 10.1. The predicted octanol–water partition coefficient (Wildman–Crippen LogP) is 1.96. The van der Waals surface area contributed by atoms with E-state index in [9.17, 15) is 13.2 Å². The molecular weight excluding hydrogens is 368 g/mol. The third kappa shape index (κ3) is 3.32. The number of ether oxygens (including phenoxy) is 2. The number of nitrogens with zero attached hydrogens (tertiary/aromatic N) is 1. The van der Waals surface area contributed by atoms with Crippen LogP contribution in [-0.4, -0.2) is 41.1 Å². The normalized spacial score (nSPS) is 16.0. The number of hydrogen-bond acceptors (Lipinski definition) is 5. The van der Waals surface area contributed by atoms with Gasteiger partial charge in [-0.15, -0.1) is 0 Å². The number of sulfonamides is 1. The lowest BCUT2D eigenvalue weighted by Gasteiger charge is -2.26. The van der Waals surface area contributed by atoms with Crippen molar-refractivity contribution in [2.45, 2.75) is 24.3 Å². The van der Waals surface area contributed by atoms with E-state index in [0.717, 1.165) is 5.56 Å². The summed E-state index contributed by atoms with van der Waals surface area (Å²) in [5.74, 6) is 0.414. The molecular formula is C19H22N2O5S. The van der Waals surface area contributed by atoms with E-state index in [4.69, 9.17) is 9.47 Å². The summed E-state index contributed by atoms with van der Waals surface area (Å²) < 4.78 is 38.5. The van der Waals surface area contributed by atoms with Gasteiger partial charge >= 0.3 is 0 Å². The van der Waals surface area contributed by atoms with Crippen LogP contribution in [0.4, 0.5) is 5.69 Å². The molecule has 3 rings (SSSR count). The standard InChI is InChI=1S/C19H22N2O5S/c1-4-20-19(22)16-11-13-7-5-6-8-15(13)21(16)27(23,24)14-9-10-17(25-2)18(12-14)26-3/h5-10,12,16H,4,11H2,1-3H3,(H,20,22). The van der Waals surface area contributed by atoms with Crippen molar-refractivity contribution >= 4 is 21.6 Å². The number of carbonyl (C=O) groups is 1. The third-order valence-corrected chi connectivity index (χ3v) is 6.31. The van der Waals surface area contributed by atoms with Crippen molar-refractivity contribution in [3.8, 4) is 11.5 Å². The zero-order chi connectivity index (χ0) is 19.6. The zero-order valence-electron chi connectivity index (χ0n) is 15.4.